The van der Waals surface area contributed by atoms with Crippen molar-refractivity contribution in [1.29, 1.82) is 0 Å². The molecule has 0 bridgehead atoms. The summed E-state index contributed by atoms with van der Waals surface area (Å²) in [5.74, 6) is 2.67. The van der Waals surface area contributed by atoms with Gasteiger partial charge in [-0.1, -0.05) is 24.3 Å². The summed E-state index contributed by atoms with van der Waals surface area (Å²) in [5, 5.41) is 18.2. The molecular weight excluding hydrogens is 835 g/mol. The Balaban J connectivity index is 0.963. The second kappa shape index (κ2) is 20.8. The number of ether oxygens (including phenoxy) is 11. The molecule has 8 saturated heterocycles. The zero-order valence-electron chi connectivity index (χ0n) is 37.3. The second-order valence-corrected chi connectivity index (χ2v) is 18.8. The van der Waals surface area contributed by atoms with Crippen LogP contribution in [0.1, 0.15) is 50.1 Å². The Morgan fingerprint density at radius 2 is 0.554 bits per heavy atom. The molecule has 3 aromatic carbocycles. The molecule has 65 heavy (non-hydrogen) atoms. The van der Waals surface area contributed by atoms with Crippen LogP contribution in [0.25, 0.3) is 0 Å². The van der Waals surface area contributed by atoms with Gasteiger partial charge in [0.25, 0.3) is 0 Å². The Kier molecular flexibility index (Phi) is 14.1. The van der Waals surface area contributed by atoms with Gasteiger partial charge in [-0.25, -0.2) is 0 Å². The van der Waals surface area contributed by atoms with Crippen molar-refractivity contribution in [2.45, 2.75) is 94.4 Å². The van der Waals surface area contributed by atoms with Gasteiger partial charge < -0.3 is 78.7 Å². The highest BCUT2D eigenvalue weighted by atomic mass is 16.6. The zero-order valence-corrected chi connectivity index (χ0v) is 37.3. The number of epoxide rings is 8. The van der Waals surface area contributed by atoms with Gasteiger partial charge in [0, 0.05) is 89.4 Å². The Morgan fingerprint density at radius 3 is 0.815 bits per heavy atom. The summed E-state index contributed by atoms with van der Waals surface area (Å²) in [6, 6.07) is 13.8. The average molecular weight is 900 g/mol. The number of hydrogen-bond acceptors (Lipinski definition) is 16. The lowest BCUT2D eigenvalue weighted by Crippen LogP contribution is -2.22. The summed E-state index contributed by atoms with van der Waals surface area (Å²) in [7, 11) is 0. The highest BCUT2D eigenvalue weighted by Gasteiger charge is 2.31. The van der Waals surface area contributed by atoms with Crippen LogP contribution in [0, 0.1) is 0 Å². The number of hydrogen-bond donors (Lipinski definition) is 5. The normalized spacial score (nSPS) is 27.3. The van der Waals surface area contributed by atoms with Crippen molar-refractivity contribution in [3.63, 3.8) is 0 Å². The molecule has 16 heteroatoms. The molecule has 8 atom stereocenters. The molecule has 16 nitrogen and oxygen atoms in total. The smallest absolute Gasteiger partial charge is 0.127 e. The van der Waals surface area contributed by atoms with Crippen molar-refractivity contribution in [3.8, 4) is 17.2 Å². The molecule has 8 aliphatic heterocycles. The van der Waals surface area contributed by atoms with Gasteiger partial charge >= 0.3 is 0 Å². The molecule has 0 spiro atoms. The highest BCUT2D eigenvalue weighted by Crippen LogP contribution is 2.38. The molecule has 0 aromatic heterocycles. The van der Waals surface area contributed by atoms with Crippen molar-refractivity contribution in [2.75, 3.05) is 105 Å². The zero-order chi connectivity index (χ0) is 43.4. The molecule has 0 amide bonds. The van der Waals surface area contributed by atoms with E-state index in [1.54, 1.807) is 0 Å². The standard InChI is InChI=1S/C49H65N5O11/c1-30(9-50-14-39-19-55-39)2-34(8-36-4-32(11-52-16-41-21-57-41)6-38(13-54-18-43-23-59-43)49(36)65-29-46-26-62-46)47(63-27-44-24-60-44)33(1)7-35-3-31(10-51-15-40-20-56-40)5-37(12-53-17-42-22-58-42)48(35)64-28-45-25-61-45/h1-6,39-46,50-54H,7-29H2. The van der Waals surface area contributed by atoms with E-state index in [9.17, 15) is 0 Å². The Morgan fingerprint density at radius 1 is 0.323 bits per heavy atom. The van der Waals surface area contributed by atoms with Crippen LogP contribution in [0.15, 0.2) is 36.4 Å². The van der Waals surface area contributed by atoms with Crippen molar-refractivity contribution >= 4 is 0 Å². The Hall–Kier alpha value is -3.46. The summed E-state index contributed by atoms with van der Waals surface area (Å²) < 4.78 is 65.2. The van der Waals surface area contributed by atoms with Crippen LogP contribution in [0.3, 0.4) is 0 Å². The van der Waals surface area contributed by atoms with Gasteiger partial charge in [0.15, 0.2) is 0 Å². The maximum atomic E-state index is 6.96. The van der Waals surface area contributed by atoms with Crippen molar-refractivity contribution in [1.82, 2.24) is 26.6 Å². The first kappa shape index (κ1) is 44.1. The summed E-state index contributed by atoms with van der Waals surface area (Å²) in [6.07, 6.45) is 2.87. The van der Waals surface area contributed by atoms with Crippen molar-refractivity contribution in [3.05, 3.63) is 86.5 Å². The number of benzene rings is 3. The summed E-state index contributed by atoms with van der Waals surface area (Å²) in [6.45, 7) is 15.1. The molecule has 11 rings (SSSR count). The third-order valence-electron chi connectivity index (χ3n) is 12.6. The van der Waals surface area contributed by atoms with Gasteiger partial charge in [0.1, 0.15) is 55.4 Å². The molecule has 8 heterocycles. The Labute approximate surface area is 381 Å². The minimum atomic E-state index is 0.0707. The second-order valence-electron chi connectivity index (χ2n) is 18.8. The molecular formula is C49H65N5O11. The van der Waals surface area contributed by atoms with Crippen LogP contribution in [0.5, 0.6) is 17.2 Å². The van der Waals surface area contributed by atoms with Gasteiger partial charge in [0.05, 0.1) is 83.4 Å². The molecule has 0 radical (unpaired) electrons. The monoisotopic (exact) mass is 899 g/mol. The summed E-state index contributed by atoms with van der Waals surface area (Å²) in [4.78, 5) is 0. The first-order valence-corrected chi connectivity index (χ1v) is 23.9. The molecule has 0 aliphatic carbocycles. The minimum absolute atomic E-state index is 0.0707. The van der Waals surface area contributed by atoms with E-state index in [1.807, 2.05) is 0 Å². The third kappa shape index (κ3) is 14.0. The van der Waals surface area contributed by atoms with E-state index in [2.05, 4.69) is 63.0 Å². The van der Waals surface area contributed by atoms with Gasteiger partial charge in [-0.05, 0) is 51.1 Å². The van der Waals surface area contributed by atoms with Crippen molar-refractivity contribution < 1.29 is 52.1 Å². The third-order valence-corrected chi connectivity index (χ3v) is 12.6. The van der Waals surface area contributed by atoms with E-state index in [4.69, 9.17) is 52.1 Å². The van der Waals surface area contributed by atoms with Crippen LogP contribution in [0.2, 0.25) is 0 Å². The van der Waals surface area contributed by atoms with Gasteiger partial charge in [-0.15, -0.1) is 0 Å². The molecule has 8 aliphatic rings. The van der Waals surface area contributed by atoms with Crippen LogP contribution < -0.4 is 40.8 Å². The first-order valence-electron chi connectivity index (χ1n) is 23.9. The largest absolute Gasteiger partial charge is 0.490 e. The fraction of sp³-hybridized carbons (Fsp3) is 0.633. The lowest BCUT2D eigenvalue weighted by atomic mass is 9.91. The lowest BCUT2D eigenvalue weighted by Gasteiger charge is -2.23. The predicted octanol–water partition coefficient (Wildman–Crippen LogP) is 1.64. The van der Waals surface area contributed by atoms with E-state index in [1.165, 1.54) is 16.7 Å². The summed E-state index contributed by atoms with van der Waals surface area (Å²) in [5.41, 5.74) is 10.2. The van der Waals surface area contributed by atoms with E-state index in [0.29, 0.717) is 71.1 Å². The van der Waals surface area contributed by atoms with Crippen LogP contribution in [-0.2, 0) is 83.5 Å². The van der Waals surface area contributed by atoms with E-state index >= 15 is 0 Å². The van der Waals surface area contributed by atoms with E-state index in [0.717, 1.165) is 143 Å². The van der Waals surface area contributed by atoms with Gasteiger partial charge in [-0.2, -0.15) is 0 Å². The summed E-state index contributed by atoms with van der Waals surface area (Å²) >= 11 is 0. The van der Waals surface area contributed by atoms with Crippen molar-refractivity contribution in [2.24, 2.45) is 0 Å². The molecule has 3 aromatic rings. The maximum absolute atomic E-state index is 6.96. The molecule has 5 N–H and O–H groups in total. The van der Waals surface area contributed by atoms with Crippen LogP contribution in [0.4, 0.5) is 0 Å². The van der Waals surface area contributed by atoms with Gasteiger partial charge in [-0.3, -0.25) is 0 Å². The van der Waals surface area contributed by atoms with Crippen LogP contribution >= 0.6 is 0 Å². The minimum Gasteiger partial charge on any atom is -0.490 e. The Bertz CT molecular complexity index is 1950. The van der Waals surface area contributed by atoms with Gasteiger partial charge in [0.2, 0.25) is 0 Å². The average Bonchev–Trinajstić information content (AvgIpc) is 4.08. The highest BCUT2D eigenvalue weighted by molar-refractivity contribution is 5.55. The van der Waals surface area contributed by atoms with Crippen LogP contribution in [-0.4, -0.2) is 154 Å². The molecule has 8 fully saturated rings. The molecule has 352 valence electrons. The fourth-order valence-electron chi connectivity index (χ4n) is 8.36. The predicted molar refractivity (Wildman–Crippen MR) is 238 cm³/mol. The SMILES string of the molecule is c1c(CNCC2CO2)cc(Cc2cc(CNCC3CO3)cc(Cc3cc(CNCC4CO4)cc(CNCC4CO4)c3OCC3CO3)c2OCC2CO2)c(OCC2CO2)c1CNCC1CO1. The quantitative estimate of drug-likeness (QED) is 0.0555. The number of nitrogens with one attached hydrogen (secondary N) is 5. The lowest BCUT2D eigenvalue weighted by molar-refractivity contribution is 0.256. The number of rotatable bonds is 33. The molecule has 0 saturated carbocycles. The maximum Gasteiger partial charge on any atom is 0.127 e. The molecule has 8 unspecified atom stereocenters. The fourth-order valence-corrected chi connectivity index (χ4v) is 8.36. The first-order chi connectivity index (χ1) is 32.1. The topological polar surface area (TPSA) is 188 Å². The van der Waals surface area contributed by atoms with E-state index < -0.39 is 0 Å². The van der Waals surface area contributed by atoms with E-state index in [-0.39, 0.29) is 36.6 Å².